The molecule has 2 aliphatic rings. The maximum atomic E-state index is 11.7. The van der Waals surface area contributed by atoms with Crippen LogP contribution in [0.25, 0.3) is 0 Å². The Kier molecular flexibility index (Phi) is 3.82. The number of anilines is 1. The topological polar surface area (TPSA) is 20.3 Å². The molecule has 1 heterocycles. The van der Waals surface area contributed by atoms with Gasteiger partial charge in [-0.2, -0.15) is 0 Å². The first-order chi connectivity index (χ1) is 9.72. The highest BCUT2D eigenvalue weighted by molar-refractivity contribution is 5.63. The average Bonchev–Trinajstić information content (AvgIpc) is 2.48. The van der Waals surface area contributed by atoms with Crippen molar-refractivity contribution in [2.45, 2.75) is 51.9 Å². The number of carbonyl (C=O) groups is 1. The van der Waals surface area contributed by atoms with E-state index < -0.39 is 0 Å². The Morgan fingerprint density at radius 1 is 1.20 bits per heavy atom. The van der Waals surface area contributed by atoms with Gasteiger partial charge in [-0.05, 0) is 44.2 Å². The third-order valence-electron chi connectivity index (χ3n) is 5.05. The molecule has 0 spiro atoms. The van der Waals surface area contributed by atoms with Crippen molar-refractivity contribution in [1.29, 1.82) is 0 Å². The van der Waals surface area contributed by atoms with E-state index in [2.05, 4.69) is 30.0 Å². The summed E-state index contributed by atoms with van der Waals surface area (Å²) in [5.41, 5.74) is 4.09. The van der Waals surface area contributed by atoms with Crippen LogP contribution in [-0.4, -0.2) is 19.4 Å². The molecule has 1 fully saturated rings. The lowest BCUT2D eigenvalue weighted by molar-refractivity contribution is -0.117. The molecule has 1 aromatic carbocycles. The third kappa shape index (κ3) is 2.61. The van der Waals surface area contributed by atoms with Crippen molar-refractivity contribution in [3.8, 4) is 0 Å². The molecule has 1 aromatic rings. The monoisotopic (exact) mass is 271 g/mol. The molecule has 0 saturated heterocycles. The number of carbonyl (C=O) groups excluding carboxylic acids is 1. The summed E-state index contributed by atoms with van der Waals surface area (Å²) in [6.07, 6.45) is 9.54. The van der Waals surface area contributed by atoms with Gasteiger partial charge >= 0.3 is 0 Å². The molecule has 1 saturated carbocycles. The molecule has 1 aliphatic heterocycles. The lowest BCUT2D eigenvalue weighted by Crippen LogP contribution is -2.42. The number of aldehydes is 1. The number of fused-ring (bicyclic) bond motifs is 1. The maximum Gasteiger partial charge on any atom is 0.127 e. The van der Waals surface area contributed by atoms with Crippen LogP contribution in [0.1, 0.15) is 49.7 Å². The molecule has 0 aromatic heterocycles. The third-order valence-corrected chi connectivity index (χ3v) is 5.05. The zero-order chi connectivity index (χ0) is 14.0. The highest BCUT2D eigenvalue weighted by Crippen LogP contribution is 2.38. The molecule has 2 nitrogen and oxygen atoms in total. The van der Waals surface area contributed by atoms with E-state index in [0.29, 0.717) is 0 Å². The maximum absolute atomic E-state index is 11.7. The summed E-state index contributed by atoms with van der Waals surface area (Å²) in [5, 5.41) is 0. The predicted molar refractivity (Wildman–Crippen MR) is 83.3 cm³/mol. The van der Waals surface area contributed by atoms with Crippen LogP contribution in [0, 0.1) is 12.3 Å². The van der Waals surface area contributed by atoms with Gasteiger partial charge in [-0.15, -0.1) is 0 Å². The Morgan fingerprint density at radius 3 is 2.75 bits per heavy atom. The lowest BCUT2D eigenvalue weighted by atomic mass is 9.74. The summed E-state index contributed by atoms with van der Waals surface area (Å²) in [6, 6.07) is 6.77. The van der Waals surface area contributed by atoms with Crippen LogP contribution in [0.15, 0.2) is 18.2 Å². The SMILES string of the molecule is Cc1ccc2c(c1)CCCN2CC1(C=O)CCCCC1. The van der Waals surface area contributed by atoms with Crippen LogP contribution in [0.2, 0.25) is 0 Å². The van der Waals surface area contributed by atoms with Gasteiger partial charge < -0.3 is 9.69 Å². The van der Waals surface area contributed by atoms with Gasteiger partial charge in [0.2, 0.25) is 0 Å². The molecule has 0 atom stereocenters. The van der Waals surface area contributed by atoms with Crippen LogP contribution in [-0.2, 0) is 11.2 Å². The summed E-state index contributed by atoms with van der Waals surface area (Å²) in [5.74, 6) is 0. The Morgan fingerprint density at radius 2 is 2.00 bits per heavy atom. The average molecular weight is 271 g/mol. The van der Waals surface area contributed by atoms with Gasteiger partial charge in [-0.3, -0.25) is 0 Å². The molecule has 108 valence electrons. The van der Waals surface area contributed by atoms with Crippen molar-refractivity contribution in [3.05, 3.63) is 29.3 Å². The van der Waals surface area contributed by atoms with Gasteiger partial charge in [0.25, 0.3) is 0 Å². The van der Waals surface area contributed by atoms with E-state index in [9.17, 15) is 4.79 Å². The highest BCUT2D eigenvalue weighted by Gasteiger charge is 2.34. The van der Waals surface area contributed by atoms with Crippen molar-refractivity contribution in [2.75, 3.05) is 18.0 Å². The van der Waals surface area contributed by atoms with Crippen molar-refractivity contribution in [3.63, 3.8) is 0 Å². The lowest BCUT2D eigenvalue weighted by Gasteiger charge is -2.40. The first-order valence-electron chi connectivity index (χ1n) is 8.03. The van der Waals surface area contributed by atoms with Gasteiger partial charge in [0.05, 0.1) is 0 Å². The van der Waals surface area contributed by atoms with E-state index in [1.807, 2.05) is 0 Å². The molecular formula is C18H25NO. The molecule has 20 heavy (non-hydrogen) atoms. The number of hydrogen-bond donors (Lipinski definition) is 0. The smallest absolute Gasteiger partial charge is 0.127 e. The van der Waals surface area contributed by atoms with Gasteiger partial charge in [0, 0.05) is 24.2 Å². The van der Waals surface area contributed by atoms with Crippen molar-refractivity contribution >= 4 is 12.0 Å². The van der Waals surface area contributed by atoms with Crippen molar-refractivity contribution in [1.82, 2.24) is 0 Å². The number of benzene rings is 1. The Hall–Kier alpha value is -1.31. The first-order valence-corrected chi connectivity index (χ1v) is 8.03. The molecule has 0 radical (unpaired) electrons. The largest absolute Gasteiger partial charge is 0.370 e. The highest BCUT2D eigenvalue weighted by atomic mass is 16.1. The van der Waals surface area contributed by atoms with Crippen molar-refractivity contribution < 1.29 is 4.79 Å². The zero-order valence-corrected chi connectivity index (χ0v) is 12.5. The Bertz CT molecular complexity index is 488. The second-order valence-corrected chi connectivity index (χ2v) is 6.70. The quantitative estimate of drug-likeness (QED) is 0.777. The van der Waals surface area contributed by atoms with Crippen LogP contribution in [0.3, 0.4) is 0 Å². The van der Waals surface area contributed by atoms with E-state index in [4.69, 9.17) is 0 Å². The standard InChI is InChI=1S/C18H25NO/c1-15-7-8-17-16(12-15)6-5-11-19(17)13-18(14-20)9-3-2-4-10-18/h7-8,12,14H,2-6,9-11,13H2,1H3. The molecule has 3 rings (SSSR count). The van der Waals surface area contributed by atoms with Gasteiger partial charge in [-0.25, -0.2) is 0 Å². The van der Waals surface area contributed by atoms with Crippen LogP contribution in [0.5, 0.6) is 0 Å². The number of aryl methyl sites for hydroxylation is 2. The minimum absolute atomic E-state index is 0.0856. The normalized spacial score (nSPS) is 21.4. The van der Waals surface area contributed by atoms with E-state index in [-0.39, 0.29) is 5.41 Å². The Labute approximate surface area is 122 Å². The van der Waals surface area contributed by atoms with E-state index >= 15 is 0 Å². The molecular weight excluding hydrogens is 246 g/mol. The summed E-state index contributed by atoms with van der Waals surface area (Å²) < 4.78 is 0. The first kappa shape index (κ1) is 13.7. The van der Waals surface area contributed by atoms with E-state index in [1.165, 1.54) is 55.2 Å². The minimum atomic E-state index is -0.0856. The van der Waals surface area contributed by atoms with Crippen LogP contribution >= 0.6 is 0 Å². The fourth-order valence-electron chi connectivity index (χ4n) is 3.92. The summed E-state index contributed by atoms with van der Waals surface area (Å²) >= 11 is 0. The molecule has 0 amide bonds. The number of rotatable bonds is 3. The van der Waals surface area contributed by atoms with E-state index in [0.717, 1.165) is 25.9 Å². The minimum Gasteiger partial charge on any atom is -0.370 e. The van der Waals surface area contributed by atoms with Gasteiger partial charge in [-0.1, -0.05) is 37.0 Å². The predicted octanol–water partition coefficient (Wildman–Crippen LogP) is 3.90. The summed E-state index contributed by atoms with van der Waals surface area (Å²) in [6.45, 7) is 4.19. The molecule has 0 N–H and O–H groups in total. The van der Waals surface area contributed by atoms with Gasteiger partial charge in [0.15, 0.2) is 0 Å². The molecule has 0 bridgehead atoms. The number of hydrogen-bond acceptors (Lipinski definition) is 2. The zero-order valence-electron chi connectivity index (χ0n) is 12.5. The van der Waals surface area contributed by atoms with Crippen LogP contribution in [0.4, 0.5) is 5.69 Å². The summed E-state index contributed by atoms with van der Waals surface area (Å²) in [7, 11) is 0. The molecule has 2 heteroatoms. The summed E-state index contributed by atoms with van der Waals surface area (Å²) in [4.78, 5) is 14.2. The fraction of sp³-hybridized carbons (Fsp3) is 0.611. The molecule has 1 aliphatic carbocycles. The number of nitrogens with zero attached hydrogens (tertiary/aromatic N) is 1. The Balaban J connectivity index is 1.83. The van der Waals surface area contributed by atoms with Crippen molar-refractivity contribution in [2.24, 2.45) is 5.41 Å². The molecule has 0 unspecified atom stereocenters. The van der Waals surface area contributed by atoms with Gasteiger partial charge in [0.1, 0.15) is 6.29 Å². The van der Waals surface area contributed by atoms with E-state index in [1.54, 1.807) is 0 Å². The second kappa shape index (κ2) is 5.59. The van der Waals surface area contributed by atoms with Crippen LogP contribution < -0.4 is 4.90 Å². The fourth-order valence-corrected chi connectivity index (χ4v) is 3.92. The second-order valence-electron chi connectivity index (χ2n) is 6.70.